The van der Waals surface area contributed by atoms with Crippen molar-refractivity contribution in [2.75, 3.05) is 0 Å². The van der Waals surface area contributed by atoms with E-state index in [1.54, 1.807) is 0 Å². The first-order valence-corrected chi connectivity index (χ1v) is 4.91. The topological polar surface area (TPSA) is 21.6 Å². The maximum Gasteiger partial charge on any atom is 0.154 e. The number of benzene rings is 1. The molecule has 2 atom stereocenters. The standard InChI is InChI=1S/C12H11NO/c1-2-5-9(6-3-1)12-10-7-4-8-11(10)14-13-12/h1-6,8,10-11H,7H2. The van der Waals surface area contributed by atoms with Crippen molar-refractivity contribution in [1.29, 1.82) is 0 Å². The molecule has 0 spiro atoms. The zero-order valence-electron chi connectivity index (χ0n) is 7.76. The Bertz CT molecular complexity index is 394. The summed E-state index contributed by atoms with van der Waals surface area (Å²) < 4.78 is 0. The first-order valence-electron chi connectivity index (χ1n) is 4.91. The Labute approximate surface area is 82.9 Å². The molecule has 0 saturated heterocycles. The lowest BCUT2D eigenvalue weighted by molar-refractivity contribution is 0.104. The Kier molecular flexibility index (Phi) is 1.66. The Morgan fingerprint density at radius 2 is 2.07 bits per heavy atom. The third-order valence-electron chi connectivity index (χ3n) is 2.81. The van der Waals surface area contributed by atoms with Crippen LogP contribution in [0, 0.1) is 5.92 Å². The maximum absolute atomic E-state index is 5.35. The van der Waals surface area contributed by atoms with Gasteiger partial charge >= 0.3 is 0 Å². The molecule has 0 saturated carbocycles. The van der Waals surface area contributed by atoms with E-state index >= 15 is 0 Å². The number of rotatable bonds is 1. The van der Waals surface area contributed by atoms with Crippen molar-refractivity contribution in [3.63, 3.8) is 0 Å². The van der Waals surface area contributed by atoms with Crippen LogP contribution in [0.15, 0.2) is 47.6 Å². The first-order chi connectivity index (χ1) is 6.95. The van der Waals surface area contributed by atoms with Crippen LogP contribution in [-0.4, -0.2) is 11.8 Å². The van der Waals surface area contributed by atoms with Crippen LogP contribution in [0.1, 0.15) is 12.0 Å². The van der Waals surface area contributed by atoms with E-state index in [1.807, 2.05) is 18.2 Å². The molecule has 2 nitrogen and oxygen atoms in total. The summed E-state index contributed by atoms with van der Waals surface area (Å²) in [4.78, 5) is 5.35. The second kappa shape index (κ2) is 2.98. The molecule has 1 aliphatic heterocycles. The van der Waals surface area contributed by atoms with Crippen molar-refractivity contribution >= 4 is 5.71 Å². The third-order valence-corrected chi connectivity index (χ3v) is 2.81. The lowest BCUT2D eigenvalue weighted by Crippen LogP contribution is -2.17. The highest BCUT2D eigenvalue weighted by Gasteiger charge is 2.35. The van der Waals surface area contributed by atoms with Crippen molar-refractivity contribution < 1.29 is 4.84 Å². The molecule has 1 aromatic carbocycles. The molecule has 3 rings (SSSR count). The van der Waals surface area contributed by atoms with Crippen LogP contribution >= 0.6 is 0 Å². The Balaban J connectivity index is 1.94. The van der Waals surface area contributed by atoms with E-state index in [0.717, 1.165) is 12.1 Å². The van der Waals surface area contributed by atoms with Gasteiger partial charge in [0.1, 0.15) is 0 Å². The lowest BCUT2D eigenvalue weighted by Gasteiger charge is -2.08. The Hall–Kier alpha value is -1.57. The van der Waals surface area contributed by atoms with Gasteiger partial charge in [0.05, 0.1) is 11.6 Å². The van der Waals surface area contributed by atoms with Gasteiger partial charge in [0.2, 0.25) is 0 Å². The zero-order valence-corrected chi connectivity index (χ0v) is 7.76. The van der Waals surface area contributed by atoms with Crippen LogP contribution in [0.4, 0.5) is 0 Å². The van der Waals surface area contributed by atoms with Crippen LogP contribution < -0.4 is 0 Å². The minimum Gasteiger partial charge on any atom is -0.387 e. The van der Waals surface area contributed by atoms with Gasteiger partial charge in [-0.3, -0.25) is 0 Å². The highest BCUT2D eigenvalue weighted by Crippen LogP contribution is 2.31. The summed E-state index contributed by atoms with van der Waals surface area (Å²) in [5.41, 5.74) is 2.28. The zero-order chi connectivity index (χ0) is 9.38. The molecule has 1 heterocycles. The quantitative estimate of drug-likeness (QED) is 0.615. The molecule has 0 aromatic heterocycles. The average Bonchev–Trinajstić information content (AvgIpc) is 2.79. The van der Waals surface area contributed by atoms with Crippen LogP contribution in [-0.2, 0) is 4.84 Å². The smallest absolute Gasteiger partial charge is 0.154 e. The molecule has 0 amide bonds. The van der Waals surface area contributed by atoms with Crippen molar-refractivity contribution in [1.82, 2.24) is 0 Å². The molecule has 2 unspecified atom stereocenters. The molecule has 0 N–H and O–H groups in total. The van der Waals surface area contributed by atoms with E-state index < -0.39 is 0 Å². The average molecular weight is 185 g/mol. The number of fused-ring (bicyclic) bond motifs is 1. The number of oxime groups is 1. The molecule has 0 bridgehead atoms. The van der Waals surface area contributed by atoms with Crippen LogP contribution in [0.25, 0.3) is 0 Å². The minimum absolute atomic E-state index is 0.185. The summed E-state index contributed by atoms with van der Waals surface area (Å²) in [5, 5.41) is 4.16. The highest BCUT2D eigenvalue weighted by atomic mass is 16.6. The van der Waals surface area contributed by atoms with Crippen LogP contribution in [0.5, 0.6) is 0 Å². The van der Waals surface area contributed by atoms with Gasteiger partial charge in [-0.2, -0.15) is 0 Å². The minimum atomic E-state index is 0.185. The monoisotopic (exact) mass is 185 g/mol. The fourth-order valence-corrected chi connectivity index (χ4v) is 2.06. The molecule has 2 aliphatic rings. The van der Waals surface area contributed by atoms with Gasteiger partial charge in [-0.25, -0.2) is 0 Å². The third kappa shape index (κ3) is 1.07. The van der Waals surface area contributed by atoms with E-state index in [4.69, 9.17) is 4.84 Å². The van der Waals surface area contributed by atoms with Gasteiger partial charge in [-0.1, -0.05) is 41.6 Å². The molecule has 1 aromatic rings. The van der Waals surface area contributed by atoms with Crippen LogP contribution in [0.2, 0.25) is 0 Å². The number of nitrogens with zero attached hydrogens (tertiary/aromatic N) is 1. The number of hydrogen-bond donors (Lipinski definition) is 0. The number of allylic oxidation sites excluding steroid dienone is 1. The maximum atomic E-state index is 5.35. The van der Waals surface area contributed by atoms with Gasteiger partial charge in [-0.15, -0.1) is 0 Å². The lowest BCUT2D eigenvalue weighted by atomic mass is 9.94. The van der Waals surface area contributed by atoms with Gasteiger partial charge in [0.15, 0.2) is 6.10 Å². The summed E-state index contributed by atoms with van der Waals surface area (Å²) >= 11 is 0. The predicted octanol–water partition coefficient (Wildman–Crippen LogP) is 2.37. The molecule has 0 fully saturated rings. The van der Waals surface area contributed by atoms with E-state index in [9.17, 15) is 0 Å². The molecule has 2 heteroatoms. The van der Waals surface area contributed by atoms with Crippen LogP contribution in [0.3, 0.4) is 0 Å². The fraction of sp³-hybridized carbons (Fsp3) is 0.250. The number of hydrogen-bond acceptors (Lipinski definition) is 2. The second-order valence-electron chi connectivity index (χ2n) is 3.68. The molecular formula is C12H11NO. The summed E-state index contributed by atoms with van der Waals surface area (Å²) in [6.07, 6.45) is 5.51. The molecule has 1 aliphatic carbocycles. The second-order valence-corrected chi connectivity index (χ2v) is 3.68. The molecule has 14 heavy (non-hydrogen) atoms. The van der Waals surface area contributed by atoms with Crippen molar-refractivity contribution in [2.24, 2.45) is 11.1 Å². The predicted molar refractivity (Wildman–Crippen MR) is 55.1 cm³/mol. The summed E-state index contributed by atoms with van der Waals surface area (Å²) in [6.45, 7) is 0. The van der Waals surface area contributed by atoms with Gasteiger partial charge in [0, 0.05) is 0 Å². The van der Waals surface area contributed by atoms with Gasteiger partial charge in [0.25, 0.3) is 0 Å². The Morgan fingerprint density at radius 3 is 2.93 bits per heavy atom. The van der Waals surface area contributed by atoms with E-state index in [-0.39, 0.29) is 6.10 Å². The summed E-state index contributed by atoms with van der Waals surface area (Å²) in [7, 11) is 0. The summed E-state index contributed by atoms with van der Waals surface area (Å²) in [6, 6.07) is 10.3. The Morgan fingerprint density at radius 1 is 1.21 bits per heavy atom. The normalized spacial score (nSPS) is 28.4. The fourth-order valence-electron chi connectivity index (χ4n) is 2.06. The van der Waals surface area contributed by atoms with Crippen molar-refractivity contribution in [3.8, 4) is 0 Å². The van der Waals surface area contributed by atoms with E-state index in [2.05, 4.69) is 29.4 Å². The SMILES string of the molecule is C1=CC2ON=C(c3ccccc3)C2C1. The first kappa shape index (κ1) is 7.80. The van der Waals surface area contributed by atoms with E-state index in [1.165, 1.54) is 5.56 Å². The van der Waals surface area contributed by atoms with Gasteiger partial charge in [-0.05, 0) is 18.1 Å². The van der Waals surface area contributed by atoms with Crippen molar-refractivity contribution in [2.45, 2.75) is 12.5 Å². The van der Waals surface area contributed by atoms with Crippen molar-refractivity contribution in [3.05, 3.63) is 48.0 Å². The highest BCUT2D eigenvalue weighted by molar-refractivity contribution is 6.03. The molecule has 0 radical (unpaired) electrons. The van der Waals surface area contributed by atoms with E-state index in [0.29, 0.717) is 5.92 Å². The summed E-state index contributed by atoms with van der Waals surface area (Å²) in [5.74, 6) is 0.442. The molecule has 70 valence electrons. The largest absolute Gasteiger partial charge is 0.387 e. The van der Waals surface area contributed by atoms with Gasteiger partial charge < -0.3 is 4.84 Å². The molecular weight excluding hydrogens is 174 g/mol.